The normalized spacial score (nSPS) is 11.1. The quantitative estimate of drug-likeness (QED) is 0.801. The first-order valence-electron chi connectivity index (χ1n) is 4.97. The molecule has 0 heterocycles. The molecule has 0 aliphatic carbocycles. The highest BCUT2D eigenvalue weighted by atomic mass is 16.4. The Morgan fingerprint density at radius 1 is 1.29 bits per heavy atom. The van der Waals surface area contributed by atoms with E-state index >= 15 is 0 Å². The number of carboxylic acid groups (broad SMARTS) is 1. The van der Waals surface area contributed by atoms with Gasteiger partial charge < -0.3 is 5.11 Å². The number of rotatable bonds is 3. The summed E-state index contributed by atoms with van der Waals surface area (Å²) >= 11 is 0. The standard InChI is InChI=1S/C10H12O2.C2H6/c1-8(7-10(11)12)9-5-3-2-4-6-9;1-2/h2-6,8H,7H2,1H3,(H,11,12);1-2H3. The number of hydrogen-bond acceptors (Lipinski definition) is 1. The van der Waals surface area contributed by atoms with Crippen LogP contribution in [0.1, 0.15) is 38.7 Å². The Labute approximate surface area is 85.6 Å². The number of aliphatic carboxylic acids is 1. The number of benzene rings is 1. The summed E-state index contributed by atoms with van der Waals surface area (Å²) < 4.78 is 0. The minimum Gasteiger partial charge on any atom is -0.481 e. The molecular weight excluding hydrogens is 176 g/mol. The molecule has 2 nitrogen and oxygen atoms in total. The molecule has 1 atom stereocenters. The molecule has 1 aromatic rings. The fourth-order valence-electron chi connectivity index (χ4n) is 1.16. The summed E-state index contributed by atoms with van der Waals surface area (Å²) in [7, 11) is 0. The molecule has 0 spiro atoms. The summed E-state index contributed by atoms with van der Waals surface area (Å²) in [6, 6.07) is 9.68. The molecule has 0 saturated carbocycles. The summed E-state index contributed by atoms with van der Waals surface area (Å²) in [6.07, 6.45) is 0.198. The monoisotopic (exact) mass is 194 g/mol. The van der Waals surface area contributed by atoms with Crippen LogP contribution in [0.3, 0.4) is 0 Å². The first kappa shape index (κ1) is 12.7. The predicted molar refractivity (Wildman–Crippen MR) is 58.5 cm³/mol. The van der Waals surface area contributed by atoms with Crippen LogP contribution < -0.4 is 0 Å². The number of hydrogen-bond donors (Lipinski definition) is 1. The van der Waals surface area contributed by atoms with Gasteiger partial charge in [0.15, 0.2) is 0 Å². The lowest BCUT2D eigenvalue weighted by Gasteiger charge is -2.07. The van der Waals surface area contributed by atoms with Crippen molar-refractivity contribution in [3.63, 3.8) is 0 Å². The van der Waals surface area contributed by atoms with Gasteiger partial charge in [-0.1, -0.05) is 51.1 Å². The lowest BCUT2D eigenvalue weighted by Crippen LogP contribution is -2.02. The molecule has 14 heavy (non-hydrogen) atoms. The summed E-state index contributed by atoms with van der Waals surface area (Å²) in [6.45, 7) is 5.92. The van der Waals surface area contributed by atoms with E-state index in [1.54, 1.807) is 0 Å². The highest BCUT2D eigenvalue weighted by Gasteiger charge is 2.08. The Hall–Kier alpha value is -1.31. The van der Waals surface area contributed by atoms with Gasteiger partial charge in [-0.05, 0) is 11.5 Å². The molecule has 0 saturated heterocycles. The highest BCUT2D eigenvalue weighted by molar-refractivity contribution is 5.67. The van der Waals surface area contributed by atoms with Gasteiger partial charge in [0, 0.05) is 0 Å². The van der Waals surface area contributed by atoms with Crippen molar-refractivity contribution in [2.24, 2.45) is 0 Å². The van der Waals surface area contributed by atoms with Gasteiger partial charge in [0.25, 0.3) is 0 Å². The molecule has 2 heteroatoms. The zero-order chi connectivity index (χ0) is 11.0. The Morgan fingerprint density at radius 3 is 2.21 bits per heavy atom. The molecular formula is C12H18O2. The molecule has 1 rings (SSSR count). The zero-order valence-electron chi connectivity index (χ0n) is 9.03. The molecule has 78 valence electrons. The molecule has 0 aliphatic heterocycles. The van der Waals surface area contributed by atoms with Gasteiger partial charge in [-0.2, -0.15) is 0 Å². The Balaban J connectivity index is 0.000000791. The van der Waals surface area contributed by atoms with Crippen molar-refractivity contribution < 1.29 is 9.90 Å². The molecule has 0 bridgehead atoms. The first-order chi connectivity index (χ1) is 6.70. The molecule has 1 unspecified atom stereocenters. The summed E-state index contributed by atoms with van der Waals surface area (Å²) in [5, 5.41) is 8.55. The van der Waals surface area contributed by atoms with Crippen molar-refractivity contribution in [1.29, 1.82) is 0 Å². The van der Waals surface area contributed by atoms with E-state index in [4.69, 9.17) is 5.11 Å². The molecule has 1 aromatic carbocycles. The predicted octanol–water partition coefficient (Wildman–Crippen LogP) is 3.29. The van der Waals surface area contributed by atoms with Crippen molar-refractivity contribution in [2.45, 2.75) is 33.1 Å². The van der Waals surface area contributed by atoms with Crippen molar-refractivity contribution >= 4 is 5.97 Å². The lowest BCUT2D eigenvalue weighted by atomic mass is 9.98. The fourth-order valence-corrected chi connectivity index (χ4v) is 1.16. The van der Waals surface area contributed by atoms with E-state index in [0.717, 1.165) is 5.56 Å². The largest absolute Gasteiger partial charge is 0.481 e. The minimum absolute atomic E-state index is 0.101. The average molecular weight is 194 g/mol. The van der Waals surface area contributed by atoms with E-state index in [-0.39, 0.29) is 12.3 Å². The summed E-state index contributed by atoms with van der Waals surface area (Å²) in [5.41, 5.74) is 1.08. The van der Waals surface area contributed by atoms with Crippen molar-refractivity contribution in [1.82, 2.24) is 0 Å². The third kappa shape index (κ3) is 4.65. The second-order valence-electron chi connectivity index (χ2n) is 2.91. The number of carbonyl (C=O) groups is 1. The molecule has 0 amide bonds. The fraction of sp³-hybridized carbons (Fsp3) is 0.417. The van der Waals surface area contributed by atoms with Crippen LogP contribution in [-0.4, -0.2) is 11.1 Å². The topological polar surface area (TPSA) is 37.3 Å². The Bertz CT molecular complexity index is 254. The van der Waals surface area contributed by atoms with Gasteiger partial charge in [0.2, 0.25) is 0 Å². The van der Waals surface area contributed by atoms with Crippen LogP contribution in [0.2, 0.25) is 0 Å². The van der Waals surface area contributed by atoms with Crippen LogP contribution in [-0.2, 0) is 4.79 Å². The van der Waals surface area contributed by atoms with Gasteiger partial charge in [0.1, 0.15) is 0 Å². The summed E-state index contributed by atoms with van der Waals surface area (Å²) in [4.78, 5) is 10.4. The second-order valence-corrected chi connectivity index (χ2v) is 2.91. The van der Waals surface area contributed by atoms with Crippen LogP contribution in [0, 0.1) is 0 Å². The van der Waals surface area contributed by atoms with Gasteiger partial charge in [-0.25, -0.2) is 0 Å². The van der Waals surface area contributed by atoms with Gasteiger partial charge >= 0.3 is 5.97 Å². The lowest BCUT2D eigenvalue weighted by molar-refractivity contribution is -0.137. The first-order valence-corrected chi connectivity index (χ1v) is 4.97. The van der Waals surface area contributed by atoms with Gasteiger partial charge in [0.05, 0.1) is 6.42 Å². The van der Waals surface area contributed by atoms with E-state index in [9.17, 15) is 4.79 Å². The maximum absolute atomic E-state index is 10.4. The maximum atomic E-state index is 10.4. The van der Waals surface area contributed by atoms with E-state index in [0.29, 0.717) is 0 Å². The zero-order valence-corrected chi connectivity index (χ0v) is 9.03. The van der Waals surface area contributed by atoms with E-state index in [1.165, 1.54) is 0 Å². The Morgan fingerprint density at radius 2 is 1.79 bits per heavy atom. The summed E-state index contributed by atoms with van der Waals surface area (Å²) in [5.74, 6) is -0.643. The smallest absolute Gasteiger partial charge is 0.303 e. The van der Waals surface area contributed by atoms with Gasteiger partial charge in [-0.15, -0.1) is 0 Å². The SMILES string of the molecule is CC.CC(CC(=O)O)c1ccccc1. The molecule has 0 radical (unpaired) electrons. The van der Waals surface area contributed by atoms with E-state index < -0.39 is 5.97 Å². The van der Waals surface area contributed by atoms with Crippen LogP contribution in [0.25, 0.3) is 0 Å². The van der Waals surface area contributed by atoms with Crippen molar-refractivity contribution in [2.75, 3.05) is 0 Å². The van der Waals surface area contributed by atoms with Crippen molar-refractivity contribution in [3.05, 3.63) is 35.9 Å². The number of carboxylic acids is 1. The highest BCUT2D eigenvalue weighted by Crippen LogP contribution is 2.17. The second kappa shape index (κ2) is 7.13. The van der Waals surface area contributed by atoms with Gasteiger partial charge in [-0.3, -0.25) is 4.79 Å². The van der Waals surface area contributed by atoms with Crippen LogP contribution in [0.5, 0.6) is 0 Å². The minimum atomic E-state index is -0.744. The molecule has 0 fully saturated rings. The average Bonchev–Trinajstić information content (AvgIpc) is 2.21. The van der Waals surface area contributed by atoms with Crippen molar-refractivity contribution in [3.8, 4) is 0 Å². The molecule has 0 aliphatic rings. The molecule has 0 aromatic heterocycles. The third-order valence-electron chi connectivity index (χ3n) is 1.85. The van der Waals surface area contributed by atoms with E-state index in [2.05, 4.69) is 0 Å². The van der Waals surface area contributed by atoms with Crippen LogP contribution >= 0.6 is 0 Å². The molecule has 1 N–H and O–H groups in total. The van der Waals surface area contributed by atoms with Crippen LogP contribution in [0.15, 0.2) is 30.3 Å². The van der Waals surface area contributed by atoms with Crippen LogP contribution in [0.4, 0.5) is 0 Å². The third-order valence-corrected chi connectivity index (χ3v) is 1.85. The Kier molecular flexibility index (Phi) is 6.46. The maximum Gasteiger partial charge on any atom is 0.303 e. The van der Waals surface area contributed by atoms with E-state index in [1.807, 2.05) is 51.1 Å².